The summed E-state index contributed by atoms with van der Waals surface area (Å²) in [6, 6.07) is 0. The minimum Gasteiger partial charge on any atom is 3.00 e. The van der Waals surface area contributed by atoms with Crippen LogP contribution in [0.15, 0.2) is 0 Å². The molecule has 0 fully saturated rings. The first-order valence-corrected chi connectivity index (χ1v) is 11.3. The monoisotopic (exact) mass is 795 g/mol. The van der Waals surface area contributed by atoms with Gasteiger partial charge in [-0.05, 0) is 0 Å². The summed E-state index contributed by atoms with van der Waals surface area (Å²) in [6.07, 6.45) is 0. The molecule has 0 aliphatic carbocycles. The maximum atomic E-state index is 8.46. The molecule has 0 rings (SSSR count). The maximum absolute atomic E-state index is 8.46. The van der Waals surface area contributed by atoms with Crippen molar-refractivity contribution in [2.24, 2.45) is 0 Å². The molecule has 1 radical (unpaired) electrons. The van der Waals surface area contributed by atoms with Crippen LogP contribution in [0.25, 0.3) is 0 Å². The average molecular weight is 795 g/mol. The Bertz CT molecular complexity index is 172. The van der Waals surface area contributed by atoms with Crippen LogP contribution in [0.2, 0.25) is 0 Å². The third kappa shape index (κ3) is 1230. The molecule has 0 spiro atoms. The Morgan fingerprint density at radius 3 is 0.333 bits per heavy atom. The summed E-state index contributed by atoms with van der Waals surface area (Å²) >= 11 is -14.0. The fourth-order valence-corrected chi connectivity index (χ4v) is 0. The smallest absolute Gasteiger partial charge is 3.00 e. The molecule has 0 saturated heterocycles. The molecule has 27 heteroatoms. The van der Waals surface area contributed by atoms with Gasteiger partial charge in [0.2, 0.25) is 0 Å². The molecule has 0 aromatic carbocycles. The SMILES string of the molecule is [Ce+3].[Mg+2].[O]=[Al][O-].[O]=[Al][O-].[O]=[Al][O-].[O]=[Al][O-].[O]=[Al][O-].[O]=[Al][O-].[O]=[Al][O-].[O]=[Al][O-].[Tb+3]. The van der Waals surface area contributed by atoms with Crippen molar-refractivity contribution in [3.63, 3.8) is 0 Å². The zero-order chi connectivity index (χ0) is 21.7. The van der Waals surface area contributed by atoms with E-state index in [1.165, 1.54) is 0 Å². The molecular formula is Al8CeMgO16Tb. The molecule has 0 N–H and O–H groups in total. The molecule has 0 aromatic rings. The second kappa shape index (κ2) is 170. The molecule has 27 heavy (non-hydrogen) atoms. The van der Waals surface area contributed by atoms with Crippen molar-refractivity contribution in [2.45, 2.75) is 0 Å². The molecule has 0 amide bonds. The van der Waals surface area contributed by atoms with Gasteiger partial charge < -0.3 is 0 Å². The summed E-state index contributed by atoms with van der Waals surface area (Å²) in [5, 5.41) is 0. The zero-order valence-electron chi connectivity index (χ0n) is 12.7. The van der Waals surface area contributed by atoms with E-state index in [0.29, 0.717) is 0 Å². The van der Waals surface area contributed by atoms with E-state index < -0.39 is 124 Å². The largest absolute Gasteiger partial charge is 3.00 e. The van der Waals surface area contributed by atoms with Crippen LogP contribution in [0.4, 0.5) is 0 Å². The summed E-state index contributed by atoms with van der Waals surface area (Å²) in [5.41, 5.74) is 0. The van der Waals surface area contributed by atoms with Gasteiger partial charge in [0.1, 0.15) is 0 Å². The van der Waals surface area contributed by atoms with Gasteiger partial charge in [-0.3, -0.25) is 0 Å². The number of hydrogen-bond acceptors (Lipinski definition) is 16. The number of rotatable bonds is 0. The summed E-state index contributed by atoms with van der Waals surface area (Å²) < 4.78 is 135. The van der Waals surface area contributed by atoms with Gasteiger partial charge in [0.15, 0.2) is 0 Å². The predicted octanol–water partition coefficient (Wildman–Crippen LogP) is -13.9. The van der Waals surface area contributed by atoms with Crippen LogP contribution in [-0.2, 0) is 30.4 Å². The Morgan fingerprint density at radius 1 is 0.333 bits per heavy atom. The second-order valence-electron chi connectivity index (χ2n) is 0.770. The van der Waals surface area contributed by atoms with Crippen molar-refractivity contribution in [2.75, 3.05) is 0 Å². The van der Waals surface area contributed by atoms with Gasteiger partial charge in [0, 0.05) is 0 Å². The molecule has 16 nitrogen and oxygen atoms in total. The van der Waals surface area contributed by atoms with Crippen molar-refractivity contribution < 1.29 is 144 Å². The van der Waals surface area contributed by atoms with E-state index in [9.17, 15) is 0 Å². The first-order valence-electron chi connectivity index (χ1n) is 3.77. The van der Waals surface area contributed by atoms with Crippen LogP contribution < -0.4 is 33.3 Å². The van der Waals surface area contributed by atoms with E-state index >= 15 is 0 Å². The van der Waals surface area contributed by atoms with E-state index in [0.717, 1.165) is 0 Å². The summed E-state index contributed by atoms with van der Waals surface area (Å²) in [7, 11) is 0. The fraction of sp³-hybridized carbons (Fsp3) is 0. The summed E-state index contributed by atoms with van der Waals surface area (Å²) in [5.74, 6) is 0. The quantitative estimate of drug-likeness (QED) is 0.206. The van der Waals surface area contributed by atoms with Crippen LogP contribution in [-0.4, -0.2) is 147 Å². The molecular weight excluding hydrogens is 795 g/mol. The molecule has 0 aliphatic rings. The van der Waals surface area contributed by atoms with Gasteiger partial charge in [-0.2, -0.15) is 0 Å². The van der Waals surface area contributed by atoms with Crippen molar-refractivity contribution >= 4 is 147 Å². The van der Waals surface area contributed by atoms with Crippen LogP contribution >= 0.6 is 0 Å². The van der Waals surface area contributed by atoms with Gasteiger partial charge in [-0.25, -0.2) is 0 Å². The van der Waals surface area contributed by atoms with Crippen LogP contribution in [0.3, 0.4) is 0 Å². The molecule has 135 valence electrons. The first-order chi connectivity index (χ1) is 11.3. The van der Waals surface area contributed by atoms with Crippen LogP contribution in [0, 0.1) is 80.4 Å². The first kappa shape index (κ1) is 69.7. The van der Waals surface area contributed by atoms with Crippen LogP contribution in [0.5, 0.6) is 0 Å². The van der Waals surface area contributed by atoms with E-state index in [2.05, 4.69) is 0 Å². The van der Waals surface area contributed by atoms with Crippen molar-refractivity contribution in [1.29, 1.82) is 0 Å². The summed E-state index contributed by atoms with van der Waals surface area (Å²) in [6.45, 7) is 0. The van der Waals surface area contributed by atoms with Gasteiger partial charge in [-0.15, -0.1) is 0 Å². The van der Waals surface area contributed by atoms with E-state index in [1.54, 1.807) is 0 Å². The second-order valence-corrected chi connectivity index (χ2v) is 2.31. The van der Waals surface area contributed by atoms with Crippen molar-refractivity contribution in [3.05, 3.63) is 0 Å². The topological polar surface area (TPSA) is 321 Å². The Labute approximate surface area is 284 Å². The van der Waals surface area contributed by atoms with E-state index in [4.69, 9.17) is 63.7 Å². The molecule has 0 heterocycles. The molecule has 0 aliphatic heterocycles. The average Bonchev–Trinajstić information content (AvgIpc) is 2.45. The molecule has 0 saturated carbocycles. The van der Waals surface area contributed by atoms with Gasteiger partial charge in [-0.1, -0.05) is 0 Å². The Hall–Kier alpha value is 4.49. The maximum Gasteiger partial charge on any atom is 3.00 e. The normalized spacial score (nSPS) is 2.37. The fourth-order valence-electron chi connectivity index (χ4n) is 0. The minimum absolute atomic E-state index is 0. The van der Waals surface area contributed by atoms with Crippen LogP contribution in [0.1, 0.15) is 0 Å². The third-order valence-electron chi connectivity index (χ3n) is 0. The molecule has 0 atom stereocenters. The van der Waals surface area contributed by atoms with Gasteiger partial charge in [0.05, 0.1) is 0 Å². The standard InChI is InChI=1S/8Al.Ce.Mg.16O.Tb/q;;;;;;;;+3;+2;;;;;;;;;8*-1;+3. The third-order valence-corrected chi connectivity index (χ3v) is 0. The van der Waals surface area contributed by atoms with Gasteiger partial charge in [0.25, 0.3) is 0 Å². The predicted molar refractivity (Wildman–Crippen MR) is 57.3 cm³/mol. The Morgan fingerprint density at radius 2 is 0.333 bits per heavy atom. The molecule has 0 aromatic heterocycles. The molecule has 0 unspecified atom stereocenters. The van der Waals surface area contributed by atoms with E-state index in [-0.39, 0.29) is 103 Å². The Balaban J connectivity index is -0.0000000119. The number of hydrogen-bond donors (Lipinski definition) is 0. The van der Waals surface area contributed by atoms with Crippen molar-refractivity contribution in [1.82, 2.24) is 0 Å². The van der Waals surface area contributed by atoms with Gasteiger partial charge >= 0.3 is 291 Å². The van der Waals surface area contributed by atoms with Crippen molar-refractivity contribution in [3.8, 4) is 0 Å². The van der Waals surface area contributed by atoms with E-state index in [1.807, 2.05) is 0 Å². The minimum atomic E-state index is -1.75. The summed E-state index contributed by atoms with van der Waals surface area (Å²) in [4.78, 5) is 0. The Kier molecular flexibility index (Phi) is 439. The molecule has 0 bridgehead atoms. The zero-order valence-corrected chi connectivity index (χ0v) is 28.6.